The van der Waals surface area contributed by atoms with E-state index >= 15 is 0 Å². The summed E-state index contributed by atoms with van der Waals surface area (Å²) in [6, 6.07) is 11.0. The van der Waals surface area contributed by atoms with Gasteiger partial charge >= 0.3 is 0 Å². The van der Waals surface area contributed by atoms with Crippen LogP contribution in [-0.2, 0) is 10.3 Å². The zero-order valence-electron chi connectivity index (χ0n) is 19.1. The lowest BCUT2D eigenvalue weighted by atomic mass is 9.68. The molecule has 0 spiro atoms. The molecule has 6 nitrogen and oxygen atoms in total. The van der Waals surface area contributed by atoms with Crippen LogP contribution < -0.4 is 10.5 Å². The minimum Gasteiger partial charge on any atom is -0.490 e. The standard InChI is InChI=1S/C25H32FN3O3/c1-15-9-17(11-18(26)10-15)16-5-8-22-21(12-16)25(2,28-24(27)29(3)14-30)20-7-6-19(31-4)13-23(20)32-22/h5,8-12,19-20,23,30H,6-7,13-14H2,1-4H3,(H2,27,28)/t19?,20?,23-,25?/m1/s1. The maximum atomic E-state index is 14.1. The molecule has 1 aliphatic carbocycles. The average Bonchev–Trinajstić information content (AvgIpc) is 2.77. The fourth-order valence-electron chi connectivity index (χ4n) is 5.09. The Hall–Kier alpha value is -2.64. The van der Waals surface area contributed by atoms with Crippen LogP contribution >= 0.6 is 0 Å². The van der Waals surface area contributed by atoms with Gasteiger partial charge in [-0.3, -0.25) is 0 Å². The fourth-order valence-corrected chi connectivity index (χ4v) is 5.09. The Labute approximate surface area is 188 Å². The summed E-state index contributed by atoms with van der Waals surface area (Å²) < 4.78 is 26.2. The second kappa shape index (κ2) is 8.71. The average molecular weight is 442 g/mol. The second-order valence-electron chi connectivity index (χ2n) is 9.12. The lowest BCUT2D eigenvalue weighted by Gasteiger charge is -2.48. The van der Waals surface area contributed by atoms with E-state index in [0.717, 1.165) is 47.3 Å². The Kier molecular flexibility index (Phi) is 6.14. The molecular formula is C25H32FN3O3. The van der Waals surface area contributed by atoms with Crippen molar-refractivity contribution >= 4 is 5.96 Å². The Bertz CT molecular complexity index is 1010. The third kappa shape index (κ3) is 4.07. The zero-order valence-corrected chi connectivity index (χ0v) is 19.1. The molecule has 2 aromatic rings. The van der Waals surface area contributed by atoms with Gasteiger partial charge in [0.15, 0.2) is 5.96 Å². The van der Waals surface area contributed by atoms with E-state index in [2.05, 4.69) is 6.92 Å². The summed E-state index contributed by atoms with van der Waals surface area (Å²) in [5.74, 6) is 0.853. The van der Waals surface area contributed by atoms with Crippen LogP contribution in [0, 0.1) is 18.7 Å². The number of nitrogens with two attached hydrogens (primary N) is 1. The van der Waals surface area contributed by atoms with E-state index in [1.807, 2.05) is 31.2 Å². The van der Waals surface area contributed by atoms with Crippen molar-refractivity contribution in [1.29, 1.82) is 0 Å². The van der Waals surface area contributed by atoms with Crippen molar-refractivity contribution in [3.8, 4) is 16.9 Å². The third-order valence-electron chi connectivity index (χ3n) is 6.93. The molecule has 0 bridgehead atoms. The van der Waals surface area contributed by atoms with Crippen LogP contribution in [0.1, 0.15) is 37.3 Å². The van der Waals surface area contributed by atoms with Crippen LogP contribution in [-0.4, -0.2) is 49.1 Å². The molecule has 1 aliphatic heterocycles. The van der Waals surface area contributed by atoms with Crippen LogP contribution in [0.4, 0.5) is 4.39 Å². The molecule has 2 aromatic carbocycles. The molecule has 7 heteroatoms. The van der Waals surface area contributed by atoms with E-state index in [0.29, 0.717) is 0 Å². The molecule has 0 amide bonds. The number of benzene rings is 2. The number of hydrogen-bond acceptors (Lipinski definition) is 4. The maximum absolute atomic E-state index is 14.1. The summed E-state index contributed by atoms with van der Waals surface area (Å²) in [4.78, 5) is 6.46. The summed E-state index contributed by atoms with van der Waals surface area (Å²) in [6.45, 7) is 3.74. The van der Waals surface area contributed by atoms with Gasteiger partial charge in [0.25, 0.3) is 0 Å². The van der Waals surface area contributed by atoms with Crippen LogP contribution in [0.5, 0.6) is 5.75 Å². The fraction of sp³-hybridized carbons (Fsp3) is 0.480. The third-order valence-corrected chi connectivity index (χ3v) is 6.93. The molecule has 3 unspecified atom stereocenters. The SMILES string of the molecule is COC1CCC2[C@@H](C1)Oc1ccc(-c3cc(C)cc(F)c3)cc1C2(C)/N=C(/N)N(C)CO. The van der Waals surface area contributed by atoms with Crippen LogP contribution in [0.25, 0.3) is 11.1 Å². The summed E-state index contributed by atoms with van der Waals surface area (Å²) in [5.41, 5.74) is 9.09. The number of halogens is 1. The number of aliphatic hydroxyl groups excluding tert-OH is 1. The Balaban J connectivity index is 1.85. The molecule has 1 heterocycles. The minimum absolute atomic E-state index is 0.0514. The normalized spacial score (nSPS) is 27.3. The number of fused-ring (bicyclic) bond motifs is 2. The number of guanidine groups is 1. The van der Waals surface area contributed by atoms with Crippen LogP contribution in [0.15, 0.2) is 41.4 Å². The number of hydrogen-bond donors (Lipinski definition) is 2. The van der Waals surface area contributed by atoms with Gasteiger partial charge in [-0.1, -0.05) is 12.1 Å². The number of nitrogens with zero attached hydrogens (tertiary/aromatic N) is 2. The molecule has 0 aromatic heterocycles. The highest BCUT2D eigenvalue weighted by Gasteiger charge is 2.50. The summed E-state index contributed by atoms with van der Waals surface area (Å²) in [6.07, 6.45) is 2.68. The van der Waals surface area contributed by atoms with Gasteiger partial charge < -0.3 is 25.2 Å². The van der Waals surface area contributed by atoms with Crippen molar-refractivity contribution in [2.24, 2.45) is 16.6 Å². The minimum atomic E-state index is -0.664. The van der Waals surface area contributed by atoms with Crippen molar-refractivity contribution in [3.63, 3.8) is 0 Å². The molecule has 3 N–H and O–H groups in total. The Morgan fingerprint density at radius 1 is 1.28 bits per heavy atom. The maximum Gasteiger partial charge on any atom is 0.193 e. The zero-order chi connectivity index (χ0) is 23.0. The first-order valence-corrected chi connectivity index (χ1v) is 11.0. The van der Waals surface area contributed by atoms with Gasteiger partial charge in [0.2, 0.25) is 0 Å². The lowest BCUT2D eigenvalue weighted by Crippen LogP contribution is -2.51. The molecule has 32 heavy (non-hydrogen) atoms. The van der Waals surface area contributed by atoms with Crippen molar-refractivity contribution in [2.45, 2.75) is 50.9 Å². The van der Waals surface area contributed by atoms with E-state index in [-0.39, 0.29) is 36.6 Å². The van der Waals surface area contributed by atoms with Crippen molar-refractivity contribution in [2.75, 3.05) is 20.9 Å². The van der Waals surface area contributed by atoms with E-state index in [9.17, 15) is 9.50 Å². The number of methoxy groups -OCH3 is 1. The number of aliphatic hydroxyl groups is 1. The highest BCUT2D eigenvalue weighted by Crippen LogP contribution is 2.51. The first kappa shape index (κ1) is 22.6. The van der Waals surface area contributed by atoms with Gasteiger partial charge in [-0.15, -0.1) is 0 Å². The summed E-state index contributed by atoms with van der Waals surface area (Å²) in [7, 11) is 3.44. The van der Waals surface area contributed by atoms with E-state index in [1.54, 1.807) is 20.2 Å². The van der Waals surface area contributed by atoms with E-state index in [4.69, 9.17) is 20.2 Å². The van der Waals surface area contributed by atoms with Gasteiger partial charge in [-0.2, -0.15) is 0 Å². The van der Waals surface area contributed by atoms with Gasteiger partial charge in [0.1, 0.15) is 24.4 Å². The molecule has 1 saturated carbocycles. The molecule has 172 valence electrons. The molecule has 0 radical (unpaired) electrons. The monoisotopic (exact) mass is 441 g/mol. The molecule has 4 rings (SSSR count). The van der Waals surface area contributed by atoms with Gasteiger partial charge in [0.05, 0.1) is 11.6 Å². The number of aryl methyl sites for hydroxylation is 1. The Morgan fingerprint density at radius 3 is 2.75 bits per heavy atom. The van der Waals surface area contributed by atoms with E-state index < -0.39 is 5.54 Å². The van der Waals surface area contributed by atoms with Crippen molar-refractivity contribution in [3.05, 3.63) is 53.3 Å². The molecule has 2 aliphatic rings. The van der Waals surface area contributed by atoms with Gasteiger partial charge in [-0.05, 0) is 67.6 Å². The highest BCUT2D eigenvalue weighted by molar-refractivity contribution is 5.78. The quantitative estimate of drug-likeness (QED) is 0.429. The predicted molar refractivity (Wildman–Crippen MR) is 123 cm³/mol. The highest BCUT2D eigenvalue weighted by atomic mass is 19.1. The number of aliphatic imine (C=N–C) groups is 1. The predicted octanol–water partition coefficient (Wildman–Crippen LogP) is 3.79. The summed E-state index contributed by atoms with van der Waals surface area (Å²) >= 11 is 0. The summed E-state index contributed by atoms with van der Waals surface area (Å²) in [5, 5.41) is 9.55. The van der Waals surface area contributed by atoms with Gasteiger partial charge in [0, 0.05) is 32.1 Å². The molecule has 0 saturated heterocycles. The lowest BCUT2D eigenvalue weighted by molar-refractivity contribution is -0.0417. The topological polar surface area (TPSA) is 80.3 Å². The Morgan fingerprint density at radius 2 is 2.06 bits per heavy atom. The second-order valence-corrected chi connectivity index (χ2v) is 9.12. The number of ether oxygens (including phenoxy) is 2. The van der Waals surface area contributed by atoms with Crippen molar-refractivity contribution in [1.82, 2.24) is 4.90 Å². The smallest absolute Gasteiger partial charge is 0.193 e. The number of rotatable bonds is 4. The first-order valence-electron chi connectivity index (χ1n) is 11.0. The molecule has 4 atom stereocenters. The van der Waals surface area contributed by atoms with Crippen molar-refractivity contribution < 1.29 is 19.0 Å². The largest absolute Gasteiger partial charge is 0.490 e. The molecule has 1 fully saturated rings. The molecular weight excluding hydrogens is 409 g/mol. The van der Waals surface area contributed by atoms with Crippen LogP contribution in [0.3, 0.4) is 0 Å². The van der Waals surface area contributed by atoms with Crippen LogP contribution in [0.2, 0.25) is 0 Å². The van der Waals surface area contributed by atoms with E-state index in [1.165, 1.54) is 11.0 Å². The first-order chi connectivity index (χ1) is 15.2. The van der Waals surface area contributed by atoms with Gasteiger partial charge in [-0.25, -0.2) is 9.38 Å².